The lowest BCUT2D eigenvalue weighted by molar-refractivity contribution is -0.142. The van der Waals surface area contributed by atoms with E-state index in [-0.39, 0.29) is 36.4 Å². The van der Waals surface area contributed by atoms with Crippen LogP contribution in [0.3, 0.4) is 0 Å². The highest BCUT2D eigenvalue weighted by atomic mass is 16.7. The van der Waals surface area contributed by atoms with Gasteiger partial charge in [-0.25, -0.2) is 0 Å². The highest BCUT2D eigenvalue weighted by Crippen LogP contribution is 2.54. The van der Waals surface area contributed by atoms with E-state index in [1.807, 2.05) is 88.4 Å². The molecular weight excluding hydrogens is 532 g/mol. The minimum atomic E-state index is -0.862. The predicted octanol–water partition coefficient (Wildman–Crippen LogP) is 6.63. The SMILES string of the molecule is Cc1cccc(C)c1CC(=O)CC1C[C@H](c2ccc3c(c2)OCO3)[C@@H](C(=O)O)[C@@H]1c1ccc(OCCOC(C)C)cc1. The third kappa shape index (κ3) is 6.62. The van der Waals surface area contributed by atoms with E-state index in [0.29, 0.717) is 49.7 Å². The monoisotopic (exact) mass is 572 g/mol. The normalized spacial score (nSPS) is 21.1. The molecule has 0 saturated heterocycles. The van der Waals surface area contributed by atoms with Gasteiger partial charge in [0.1, 0.15) is 18.1 Å². The fourth-order valence-electron chi connectivity index (χ4n) is 6.58. The molecule has 222 valence electrons. The van der Waals surface area contributed by atoms with Gasteiger partial charge in [0.25, 0.3) is 0 Å². The van der Waals surface area contributed by atoms with E-state index < -0.39 is 11.9 Å². The number of hydrogen-bond acceptors (Lipinski definition) is 6. The van der Waals surface area contributed by atoms with E-state index in [9.17, 15) is 14.7 Å². The second-order valence-corrected chi connectivity index (χ2v) is 11.7. The number of carbonyl (C=O) groups is 2. The molecule has 1 unspecified atom stereocenters. The van der Waals surface area contributed by atoms with Crippen molar-refractivity contribution < 1.29 is 33.6 Å². The molecule has 1 aliphatic carbocycles. The molecule has 1 aliphatic heterocycles. The van der Waals surface area contributed by atoms with Crippen LogP contribution in [0.5, 0.6) is 17.2 Å². The molecule has 1 N–H and O–H groups in total. The molecular formula is C35H40O7. The zero-order chi connectivity index (χ0) is 29.8. The molecule has 7 heteroatoms. The topological polar surface area (TPSA) is 91.3 Å². The van der Waals surface area contributed by atoms with E-state index in [4.69, 9.17) is 18.9 Å². The minimum Gasteiger partial charge on any atom is -0.491 e. The minimum absolute atomic E-state index is 0.128. The Morgan fingerprint density at radius 3 is 2.31 bits per heavy atom. The van der Waals surface area contributed by atoms with Crippen molar-refractivity contribution in [3.05, 3.63) is 88.5 Å². The summed E-state index contributed by atoms with van der Waals surface area (Å²) in [6.07, 6.45) is 1.39. The molecule has 1 saturated carbocycles. The predicted molar refractivity (Wildman–Crippen MR) is 160 cm³/mol. The van der Waals surface area contributed by atoms with Crippen molar-refractivity contribution in [2.24, 2.45) is 11.8 Å². The first-order chi connectivity index (χ1) is 20.2. The molecule has 4 atom stereocenters. The Bertz CT molecular complexity index is 1390. The first-order valence-electron chi connectivity index (χ1n) is 14.7. The molecule has 7 nitrogen and oxygen atoms in total. The van der Waals surface area contributed by atoms with Crippen LogP contribution in [0.25, 0.3) is 0 Å². The van der Waals surface area contributed by atoms with Gasteiger partial charge in [-0.05, 0) is 98.0 Å². The van der Waals surface area contributed by atoms with Crippen molar-refractivity contribution in [3.63, 3.8) is 0 Å². The van der Waals surface area contributed by atoms with Crippen LogP contribution in [0.2, 0.25) is 0 Å². The zero-order valence-electron chi connectivity index (χ0n) is 24.8. The Balaban J connectivity index is 1.42. The summed E-state index contributed by atoms with van der Waals surface area (Å²) in [7, 11) is 0. The van der Waals surface area contributed by atoms with Gasteiger partial charge >= 0.3 is 5.97 Å². The molecule has 5 rings (SSSR count). The fourth-order valence-corrected chi connectivity index (χ4v) is 6.58. The highest BCUT2D eigenvalue weighted by Gasteiger charge is 2.49. The quantitative estimate of drug-likeness (QED) is 0.244. The molecule has 2 aliphatic rings. The van der Waals surface area contributed by atoms with Gasteiger partial charge < -0.3 is 24.1 Å². The number of aliphatic carboxylic acids is 1. The third-order valence-corrected chi connectivity index (χ3v) is 8.57. The van der Waals surface area contributed by atoms with Crippen LogP contribution in [0, 0.1) is 25.7 Å². The number of rotatable bonds is 12. The summed E-state index contributed by atoms with van der Waals surface area (Å²) in [5, 5.41) is 10.6. The maximum Gasteiger partial charge on any atom is 0.307 e. The van der Waals surface area contributed by atoms with Crippen LogP contribution in [0.15, 0.2) is 60.7 Å². The zero-order valence-corrected chi connectivity index (χ0v) is 24.8. The molecule has 3 aromatic carbocycles. The van der Waals surface area contributed by atoms with E-state index in [1.54, 1.807) is 0 Å². The van der Waals surface area contributed by atoms with Crippen molar-refractivity contribution in [2.75, 3.05) is 20.0 Å². The van der Waals surface area contributed by atoms with E-state index in [1.165, 1.54) is 0 Å². The van der Waals surface area contributed by atoms with Gasteiger partial charge in [-0.2, -0.15) is 0 Å². The van der Waals surface area contributed by atoms with Crippen LogP contribution in [0.4, 0.5) is 0 Å². The number of carboxylic acid groups (broad SMARTS) is 1. The number of aryl methyl sites for hydroxylation is 2. The number of carbonyl (C=O) groups excluding carboxylic acids is 1. The van der Waals surface area contributed by atoms with Crippen LogP contribution < -0.4 is 14.2 Å². The summed E-state index contributed by atoms with van der Waals surface area (Å²) in [6.45, 7) is 9.10. The van der Waals surface area contributed by atoms with Gasteiger partial charge in [0.2, 0.25) is 6.79 Å². The molecule has 0 amide bonds. The van der Waals surface area contributed by atoms with Gasteiger partial charge in [-0.3, -0.25) is 9.59 Å². The van der Waals surface area contributed by atoms with E-state index >= 15 is 0 Å². The van der Waals surface area contributed by atoms with Gasteiger partial charge in [0.05, 0.1) is 18.6 Å². The Morgan fingerprint density at radius 1 is 0.929 bits per heavy atom. The van der Waals surface area contributed by atoms with Gasteiger partial charge in [-0.1, -0.05) is 36.4 Å². The molecule has 3 aromatic rings. The Morgan fingerprint density at radius 2 is 1.62 bits per heavy atom. The summed E-state index contributed by atoms with van der Waals surface area (Å²) in [5.74, 6) is -0.186. The highest BCUT2D eigenvalue weighted by molar-refractivity contribution is 5.82. The summed E-state index contributed by atoms with van der Waals surface area (Å²) < 4.78 is 22.5. The average molecular weight is 573 g/mol. The molecule has 0 radical (unpaired) electrons. The average Bonchev–Trinajstić information content (AvgIpc) is 3.58. The standard InChI is InChI=1S/C35H40O7/c1-21(2)39-14-15-40-28-11-8-24(9-12-28)33-26(16-27(36)19-29-22(3)6-5-7-23(29)4)17-30(34(33)35(37)38)25-10-13-31-32(18-25)42-20-41-31/h5-13,18,21,26,30,33-34H,14-17,19-20H2,1-4H3,(H,37,38)/t26?,30-,33-,34-/m1/s1. The van der Waals surface area contributed by atoms with Gasteiger partial charge in [-0.15, -0.1) is 0 Å². The molecule has 0 spiro atoms. The Labute approximate surface area is 247 Å². The van der Waals surface area contributed by atoms with Crippen molar-refractivity contribution in [2.45, 2.75) is 64.9 Å². The van der Waals surface area contributed by atoms with Crippen molar-refractivity contribution in [1.29, 1.82) is 0 Å². The summed E-state index contributed by atoms with van der Waals surface area (Å²) in [5.41, 5.74) is 5.06. The number of Topliss-reactive ketones (excluding diaryl/α,β-unsaturated/α-hetero) is 1. The second kappa shape index (κ2) is 13.0. The molecule has 42 heavy (non-hydrogen) atoms. The third-order valence-electron chi connectivity index (χ3n) is 8.57. The van der Waals surface area contributed by atoms with Crippen LogP contribution in [-0.4, -0.2) is 43.0 Å². The number of ether oxygens (including phenoxy) is 4. The van der Waals surface area contributed by atoms with Crippen LogP contribution >= 0.6 is 0 Å². The lowest BCUT2D eigenvalue weighted by atomic mass is 9.78. The number of fused-ring (bicyclic) bond motifs is 1. The first-order valence-corrected chi connectivity index (χ1v) is 14.7. The Hall–Kier alpha value is -3.84. The number of benzene rings is 3. The largest absolute Gasteiger partial charge is 0.491 e. The second-order valence-electron chi connectivity index (χ2n) is 11.7. The van der Waals surface area contributed by atoms with Gasteiger partial charge in [0.15, 0.2) is 11.5 Å². The number of carboxylic acids is 1. The number of ketones is 1. The van der Waals surface area contributed by atoms with Crippen molar-refractivity contribution in [1.82, 2.24) is 0 Å². The van der Waals surface area contributed by atoms with Crippen LogP contribution in [-0.2, 0) is 20.7 Å². The fraction of sp³-hybridized carbons (Fsp3) is 0.429. The molecule has 0 aromatic heterocycles. The lowest BCUT2D eigenvalue weighted by Crippen LogP contribution is -2.25. The maximum atomic E-state index is 13.6. The molecule has 0 bridgehead atoms. The molecule has 1 fully saturated rings. The number of hydrogen-bond donors (Lipinski definition) is 1. The smallest absolute Gasteiger partial charge is 0.307 e. The Kier molecular flexibility index (Phi) is 9.17. The first kappa shape index (κ1) is 29.6. The summed E-state index contributed by atoms with van der Waals surface area (Å²) >= 11 is 0. The molecule has 1 heterocycles. The maximum absolute atomic E-state index is 13.6. The van der Waals surface area contributed by atoms with Gasteiger partial charge in [0, 0.05) is 18.8 Å². The van der Waals surface area contributed by atoms with E-state index in [2.05, 4.69) is 0 Å². The van der Waals surface area contributed by atoms with Crippen molar-refractivity contribution >= 4 is 11.8 Å². The lowest BCUT2D eigenvalue weighted by Gasteiger charge is -2.25. The van der Waals surface area contributed by atoms with Crippen LogP contribution in [0.1, 0.15) is 66.3 Å². The summed E-state index contributed by atoms with van der Waals surface area (Å²) in [6, 6.07) is 19.4. The summed E-state index contributed by atoms with van der Waals surface area (Å²) in [4.78, 5) is 26.5. The van der Waals surface area contributed by atoms with Crippen molar-refractivity contribution in [3.8, 4) is 17.2 Å². The van der Waals surface area contributed by atoms with E-state index in [0.717, 1.165) is 27.8 Å².